The molecular weight excluding hydrogens is 271 g/mol. The molecule has 0 bridgehead atoms. The van der Waals surface area contributed by atoms with Crippen LogP contribution in [0.3, 0.4) is 0 Å². The van der Waals surface area contributed by atoms with Gasteiger partial charge in [-0.25, -0.2) is 4.39 Å². The fraction of sp³-hybridized carbons (Fsp3) is 0.188. The monoisotopic (exact) mass is 286 g/mol. The number of ether oxygens (including phenoxy) is 2. The molecule has 0 saturated heterocycles. The third kappa shape index (κ3) is 3.23. The molecule has 0 aliphatic rings. The minimum atomic E-state index is -0.542. The van der Waals surface area contributed by atoms with Gasteiger partial charge in [-0.15, -0.1) is 0 Å². The zero-order valence-corrected chi connectivity index (χ0v) is 11.8. The average Bonchev–Trinajstić information content (AvgIpc) is 2.52. The molecule has 2 rings (SSSR count). The Balaban J connectivity index is 2.24. The summed E-state index contributed by atoms with van der Waals surface area (Å²) in [5.74, 6) is 0.852. The number of hydrogen-bond donors (Lipinski definition) is 1. The van der Waals surface area contributed by atoms with Crippen molar-refractivity contribution < 1.29 is 13.9 Å². The van der Waals surface area contributed by atoms with Crippen LogP contribution in [0.1, 0.15) is 11.1 Å². The quantitative estimate of drug-likeness (QED) is 0.916. The fourth-order valence-electron chi connectivity index (χ4n) is 2.00. The lowest BCUT2D eigenvalue weighted by molar-refractivity contribution is 0.399. The molecule has 0 radical (unpaired) electrons. The summed E-state index contributed by atoms with van der Waals surface area (Å²) < 4.78 is 24.0. The topological polar surface area (TPSA) is 54.3 Å². The molecule has 5 heteroatoms. The third-order valence-electron chi connectivity index (χ3n) is 3.08. The van der Waals surface area contributed by atoms with Crippen molar-refractivity contribution in [3.8, 4) is 17.6 Å². The lowest BCUT2D eigenvalue weighted by Gasteiger charge is -2.13. The van der Waals surface area contributed by atoms with E-state index in [2.05, 4.69) is 5.32 Å². The van der Waals surface area contributed by atoms with Crippen LogP contribution >= 0.6 is 0 Å². The van der Waals surface area contributed by atoms with Crippen LogP contribution in [-0.2, 0) is 6.54 Å². The Labute approximate surface area is 122 Å². The van der Waals surface area contributed by atoms with Crippen molar-refractivity contribution in [3.63, 3.8) is 0 Å². The number of nitrogens with zero attached hydrogens (tertiary/aromatic N) is 1. The standard InChI is InChI=1S/C16H15FN2O2/c1-20-12-6-7-16(21-2)11(8-12)10-19-15-5-3-4-14(17)13(15)9-18/h3-8,19H,10H2,1-2H3. The summed E-state index contributed by atoms with van der Waals surface area (Å²) in [6.45, 7) is 0.387. The van der Waals surface area contributed by atoms with Crippen LogP contribution in [-0.4, -0.2) is 14.2 Å². The Bertz CT molecular complexity index is 680. The van der Waals surface area contributed by atoms with E-state index in [1.54, 1.807) is 38.5 Å². The maximum absolute atomic E-state index is 13.5. The second kappa shape index (κ2) is 6.62. The Morgan fingerprint density at radius 2 is 2.00 bits per heavy atom. The van der Waals surface area contributed by atoms with Crippen LogP contribution in [0, 0.1) is 17.1 Å². The number of anilines is 1. The van der Waals surface area contributed by atoms with Crippen LogP contribution in [0.2, 0.25) is 0 Å². The first kappa shape index (κ1) is 14.7. The maximum atomic E-state index is 13.5. The summed E-state index contributed by atoms with van der Waals surface area (Å²) in [4.78, 5) is 0. The van der Waals surface area contributed by atoms with Gasteiger partial charge in [0.25, 0.3) is 0 Å². The molecule has 0 aliphatic carbocycles. The lowest BCUT2D eigenvalue weighted by atomic mass is 10.1. The SMILES string of the molecule is COc1ccc(OC)c(CNc2cccc(F)c2C#N)c1. The molecule has 0 atom stereocenters. The first-order valence-corrected chi connectivity index (χ1v) is 6.33. The highest BCUT2D eigenvalue weighted by atomic mass is 19.1. The fourth-order valence-corrected chi connectivity index (χ4v) is 2.00. The number of rotatable bonds is 5. The van der Waals surface area contributed by atoms with Crippen LogP contribution < -0.4 is 14.8 Å². The first-order chi connectivity index (χ1) is 10.2. The van der Waals surface area contributed by atoms with Crippen molar-refractivity contribution >= 4 is 5.69 Å². The van der Waals surface area contributed by atoms with E-state index < -0.39 is 5.82 Å². The zero-order chi connectivity index (χ0) is 15.2. The van der Waals surface area contributed by atoms with Gasteiger partial charge < -0.3 is 14.8 Å². The van der Waals surface area contributed by atoms with Gasteiger partial charge in [-0.2, -0.15) is 5.26 Å². The first-order valence-electron chi connectivity index (χ1n) is 6.33. The minimum Gasteiger partial charge on any atom is -0.497 e. The van der Waals surface area contributed by atoms with Crippen molar-refractivity contribution in [1.29, 1.82) is 5.26 Å². The molecule has 0 spiro atoms. The molecule has 0 heterocycles. The Morgan fingerprint density at radius 1 is 1.19 bits per heavy atom. The van der Waals surface area contributed by atoms with Crippen molar-refractivity contribution in [1.82, 2.24) is 0 Å². The minimum absolute atomic E-state index is 0.000590. The summed E-state index contributed by atoms with van der Waals surface area (Å²) in [5.41, 5.74) is 1.30. The third-order valence-corrected chi connectivity index (χ3v) is 3.08. The summed E-state index contributed by atoms with van der Waals surface area (Å²) in [6, 6.07) is 11.8. The number of nitriles is 1. The highest BCUT2D eigenvalue weighted by Crippen LogP contribution is 2.26. The summed E-state index contributed by atoms with van der Waals surface area (Å²) >= 11 is 0. The normalized spacial score (nSPS) is 9.81. The van der Waals surface area contributed by atoms with E-state index in [9.17, 15) is 4.39 Å². The number of methoxy groups -OCH3 is 2. The van der Waals surface area contributed by atoms with Crippen molar-refractivity contribution in [2.24, 2.45) is 0 Å². The average molecular weight is 286 g/mol. The zero-order valence-electron chi connectivity index (χ0n) is 11.8. The van der Waals surface area contributed by atoms with Crippen molar-refractivity contribution in [3.05, 3.63) is 53.3 Å². The van der Waals surface area contributed by atoms with E-state index in [4.69, 9.17) is 14.7 Å². The second-order valence-corrected chi connectivity index (χ2v) is 4.31. The molecule has 0 aliphatic heterocycles. The molecule has 0 unspecified atom stereocenters. The van der Waals surface area contributed by atoms with Crippen LogP contribution in [0.15, 0.2) is 36.4 Å². The number of halogens is 1. The highest BCUT2D eigenvalue weighted by Gasteiger charge is 2.09. The van der Waals surface area contributed by atoms with Crippen molar-refractivity contribution in [2.45, 2.75) is 6.54 Å². The highest BCUT2D eigenvalue weighted by molar-refractivity contribution is 5.58. The number of hydrogen-bond acceptors (Lipinski definition) is 4. The summed E-state index contributed by atoms with van der Waals surface area (Å²) in [5, 5.41) is 12.1. The molecule has 0 saturated carbocycles. The smallest absolute Gasteiger partial charge is 0.143 e. The van der Waals surface area contributed by atoms with Gasteiger partial charge >= 0.3 is 0 Å². The summed E-state index contributed by atoms with van der Waals surface area (Å²) in [7, 11) is 3.16. The van der Waals surface area contributed by atoms with Gasteiger partial charge in [0, 0.05) is 12.1 Å². The molecule has 0 fully saturated rings. The van der Waals surface area contributed by atoms with E-state index in [0.29, 0.717) is 23.7 Å². The molecule has 1 N–H and O–H groups in total. The second-order valence-electron chi connectivity index (χ2n) is 4.31. The largest absolute Gasteiger partial charge is 0.497 e. The molecule has 4 nitrogen and oxygen atoms in total. The number of benzene rings is 2. The van der Waals surface area contributed by atoms with E-state index in [1.807, 2.05) is 12.1 Å². The summed E-state index contributed by atoms with van der Waals surface area (Å²) in [6.07, 6.45) is 0. The van der Waals surface area contributed by atoms with E-state index in [-0.39, 0.29) is 5.56 Å². The molecule has 2 aromatic rings. The predicted octanol–water partition coefficient (Wildman–Crippen LogP) is 3.33. The Hall–Kier alpha value is -2.74. The molecule has 21 heavy (non-hydrogen) atoms. The van der Waals surface area contributed by atoms with Gasteiger partial charge in [-0.3, -0.25) is 0 Å². The van der Waals surface area contributed by atoms with Gasteiger partial charge in [0.2, 0.25) is 0 Å². The molecule has 108 valence electrons. The van der Waals surface area contributed by atoms with E-state index >= 15 is 0 Å². The van der Waals surface area contributed by atoms with Crippen LogP contribution in [0.4, 0.5) is 10.1 Å². The Morgan fingerprint density at radius 3 is 2.67 bits per heavy atom. The van der Waals surface area contributed by atoms with Gasteiger partial charge in [-0.1, -0.05) is 6.07 Å². The molecular formula is C16H15FN2O2. The van der Waals surface area contributed by atoms with Gasteiger partial charge in [0.15, 0.2) is 0 Å². The maximum Gasteiger partial charge on any atom is 0.143 e. The van der Waals surface area contributed by atoms with Crippen LogP contribution in [0.5, 0.6) is 11.5 Å². The van der Waals surface area contributed by atoms with Crippen molar-refractivity contribution in [2.75, 3.05) is 19.5 Å². The number of nitrogens with one attached hydrogen (secondary N) is 1. The van der Waals surface area contributed by atoms with Crippen LogP contribution in [0.25, 0.3) is 0 Å². The molecule has 0 aromatic heterocycles. The van der Waals surface area contributed by atoms with Gasteiger partial charge in [0.05, 0.1) is 19.9 Å². The van der Waals surface area contributed by atoms with E-state index in [0.717, 1.165) is 5.56 Å². The lowest BCUT2D eigenvalue weighted by Crippen LogP contribution is -2.04. The van der Waals surface area contributed by atoms with E-state index in [1.165, 1.54) is 6.07 Å². The molecule has 2 aromatic carbocycles. The van der Waals surface area contributed by atoms with Gasteiger partial charge in [-0.05, 0) is 30.3 Å². The molecule has 0 amide bonds. The van der Waals surface area contributed by atoms with Gasteiger partial charge in [0.1, 0.15) is 28.9 Å². The Kier molecular flexibility index (Phi) is 4.62. The predicted molar refractivity (Wildman–Crippen MR) is 78.0 cm³/mol.